The van der Waals surface area contributed by atoms with Gasteiger partial charge in [0.15, 0.2) is 5.82 Å². The van der Waals surface area contributed by atoms with E-state index in [4.69, 9.17) is 9.72 Å². The molecule has 1 aliphatic rings. The maximum absolute atomic E-state index is 12.0. The number of rotatable bonds is 8. The molecule has 0 saturated carbocycles. The number of benzene rings is 2. The van der Waals surface area contributed by atoms with E-state index in [9.17, 15) is 4.79 Å². The Hall–Kier alpha value is -5.13. The molecule has 1 amide bonds. The molecule has 0 bridgehead atoms. The topological polar surface area (TPSA) is 136 Å². The smallest absolute Gasteiger partial charge is 0.243 e. The Morgan fingerprint density at radius 3 is 2.79 bits per heavy atom. The summed E-state index contributed by atoms with van der Waals surface area (Å²) in [5, 5.41) is 14.8. The minimum Gasteiger partial charge on any atom is -0.457 e. The molecule has 220 valence electrons. The summed E-state index contributed by atoms with van der Waals surface area (Å²) in [6, 6.07) is 11.7. The van der Waals surface area contributed by atoms with E-state index in [1.165, 1.54) is 12.4 Å². The van der Waals surface area contributed by atoms with Gasteiger partial charge in [0, 0.05) is 37.9 Å². The van der Waals surface area contributed by atoms with E-state index in [-0.39, 0.29) is 23.8 Å². The van der Waals surface area contributed by atoms with E-state index in [0.717, 1.165) is 41.0 Å². The second-order valence-electron chi connectivity index (χ2n) is 11.0. The van der Waals surface area contributed by atoms with Crippen LogP contribution in [0.25, 0.3) is 22.1 Å². The summed E-state index contributed by atoms with van der Waals surface area (Å²) in [7, 11) is 1.86. The van der Waals surface area contributed by atoms with Crippen LogP contribution < -0.4 is 20.3 Å². The van der Waals surface area contributed by atoms with E-state index in [0.29, 0.717) is 35.1 Å². The van der Waals surface area contributed by atoms with Crippen LogP contribution in [0.15, 0.2) is 61.6 Å². The molecule has 0 unspecified atom stereocenters. The fraction of sp³-hybridized carbons (Fsp3) is 0.323. The Bertz CT molecular complexity index is 1820. The van der Waals surface area contributed by atoms with Crippen molar-refractivity contribution in [1.29, 1.82) is 0 Å². The number of ether oxygens (including phenoxy) is 1. The zero-order chi connectivity index (χ0) is 30.1. The lowest BCUT2D eigenvalue weighted by Crippen LogP contribution is -2.55. The monoisotopic (exact) mass is 578 g/mol. The van der Waals surface area contributed by atoms with Gasteiger partial charge in [0.1, 0.15) is 34.4 Å². The minimum atomic E-state index is -0.142. The number of nitrogens with zero attached hydrogens (tertiary/aromatic N) is 8. The van der Waals surface area contributed by atoms with Crippen molar-refractivity contribution in [1.82, 2.24) is 40.2 Å². The highest BCUT2D eigenvalue weighted by Crippen LogP contribution is 2.32. The standard InChI is InChI=1S/C31H34N10O2/c1-6-20-16-41(15-19(4)28(20)36-27(42)7-2)31-32-14-24-29(37-31)30(34-17-33-24)35-21-8-11-26(18(3)12-21)43-22-9-10-25-23(13-22)38-39-40(25)5/h7-14,17,19-20,28H,2,6,15-16H2,1,3-5H3,(H,36,42)(H,33,34,35)/t19-,20+,28+/m1/s1. The lowest BCUT2D eigenvalue weighted by atomic mass is 9.83. The number of hydrogen-bond acceptors (Lipinski definition) is 10. The molecular weight excluding hydrogens is 544 g/mol. The van der Waals surface area contributed by atoms with E-state index in [2.05, 4.69) is 61.2 Å². The number of hydrogen-bond donors (Lipinski definition) is 2. The number of piperidine rings is 1. The fourth-order valence-electron chi connectivity index (χ4n) is 5.70. The molecule has 1 aliphatic heterocycles. The van der Waals surface area contributed by atoms with Crippen molar-refractivity contribution in [2.24, 2.45) is 18.9 Å². The predicted octanol–water partition coefficient (Wildman–Crippen LogP) is 4.70. The molecule has 2 N–H and O–H groups in total. The first-order valence-electron chi connectivity index (χ1n) is 14.3. The molecular formula is C31H34N10O2. The lowest BCUT2D eigenvalue weighted by Gasteiger charge is -2.42. The van der Waals surface area contributed by atoms with Gasteiger partial charge in [0.2, 0.25) is 11.9 Å². The van der Waals surface area contributed by atoms with Gasteiger partial charge in [-0.05, 0) is 67.2 Å². The summed E-state index contributed by atoms with van der Waals surface area (Å²) >= 11 is 0. The summed E-state index contributed by atoms with van der Waals surface area (Å²) in [6.45, 7) is 11.3. The quantitative estimate of drug-likeness (QED) is 0.249. The number of anilines is 3. The van der Waals surface area contributed by atoms with E-state index in [1.54, 1.807) is 10.9 Å². The summed E-state index contributed by atoms with van der Waals surface area (Å²) in [5.41, 5.74) is 4.78. The fourth-order valence-corrected chi connectivity index (χ4v) is 5.70. The summed E-state index contributed by atoms with van der Waals surface area (Å²) < 4.78 is 7.89. The SMILES string of the molecule is C=CC(=O)N[C@@H]1[C@@H](CC)CN(c2ncc3ncnc(Nc4ccc(Oc5ccc6c(c5)nnn6C)c(C)c4)c3n2)C[C@H]1C. The van der Waals surface area contributed by atoms with Gasteiger partial charge in [-0.15, -0.1) is 5.10 Å². The molecule has 4 heterocycles. The molecule has 1 saturated heterocycles. The second-order valence-corrected chi connectivity index (χ2v) is 11.0. The van der Waals surface area contributed by atoms with Crippen LogP contribution in [0.4, 0.5) is 17.5 Å². The van der Waals surface area contributed by atoms with Crippen molar-refractivity contribution in [2.45, 2.75) is 33.2 Å². The van der Waals surface area contributed by atoms with E-state index in [1.807, 2.05) is 50.4 Å². The largest absolute Gasteiger partial charge is 0.457 e. The Morgan fingerprint density at radius 2 is 2.00 bits per heavy atom. The van der Waals surface area contributed by atoms with Gasteiger partial charge in [0.25, 0.3) is 0 Å². The van der Waals surface area contributed by atoms with Crippen LogP contribution in [0.1, 0.15) is 25.8 Å². The van der Waals surface area contributed by atoms with Crippen LogP contribution in [0.2, 0.25) is 0 Å². The second kappa shape index (κ2) is 11.6. The third kappa shape index (κ3) is 5.68. The molecule has 3 aromatic heterocycles. The van der Waals surface area contributed by atoms with Crippen molar-refractivity contribution < 1.29 is 9.53 Å². The lowest BCUT2D eigenvalue weighted by molar-refractivity contribution is -0.118. The van der Waals surface area contributed by atoms with Crippen molar-refractivity contribution in [2.75, 3.05) is 23.3 Å². The maximum Gasteiger partial charge on any atom is 0.243 e. The van der Waals surface area contributed by atoms with Gasteiger partial charge in [-0.3, -0.25) is 4.79 Å². The number of carbonyl (C=O) groups is 1. The van der Waals surface area contributed by atoms with Gasteiger partial charge in [-0.2, -0.15) is 0 Å². The molecule has 6 rings (SSSR count). The average Bonchev–Trinajstić information content (AvgIpc) is 3.38. The van der Waals surface area contributed by atoms with Crippen molar-refractivity contribution in [3.05, 3.63) is 67.1 Å². The highest BCUT2D eigenvalue weighted by atomic mass is 16.5. The zero-order valence-corrected chi connectivity index (χ0v) is 24.7. The van der Waals surface area contributed by atoms with Gasteiger partial charge >= 0.3 is 0 Å². The molecule has 1 fully saturated rings. The molecule has 12 heteroatoms. The third-order valence-corrected chi connectivity index (χ3v) is 8.00. The van der Waals surface area contributed by atoms with Crippen molar-refractivity contribution in [3.63, 3.8) is 0 Å². The average molecular weight is 579 g/mol. The molecule has 0 spiro atoms. The summed E-state index contributed by atoms with van der Waals surface area (Å²) in [4.78, 5) is 32.7. The number of carbonyl (C=O) groups excluding carboxylic acids is 1. The number of amides is 1. The van der Waals surface area contributed by atoms with Gasteiger partial charge in [0.05, 0.1) is 11.7 Å². The predicted molar refractivity (Wildman–Crippen MR) is 165 cm³/mol. The number of aryl methyl sites for hydroxylation is 2. The first kappa shape index (κ1) is 28.0. The van der Waals surface area contributed by atoms with Gasteiger partial charge in [-0.25, -0.2) is 24.6 Å². The van der Waals surface area contributed by atoms with Crippen LogP contribution in [0.3, 0.4) is 0 Å². The Balaban J connectivity index is 1.21. The highest BCUT2D eigenvalue weighted by molar-refractivity contribution is 5.88. The highest BCUT2D eigenvalue weighted by Gasteiger charge is 2.35. The Morgan fingerprint density at radius 1 is 1.14 bits per heavy atom. The molecule has 2 aromatic carbocycles. The van der Waals surface area contributed by atoms with Crippen LogP contribution in [-0.4, -0.2) is 60.0 Å². The normalized spacial score (nSPS) is 18.5. The van der Waals surface area contributed by atoms with Crippen LogP contribution in [0.5, 0.6) is 11.5 Å². The molecule has 3 atom stereocenters. The van der Waals surface area contributed by atoms with Crippen molar-refractivity contribution in [3.8, 4) is 11.5 Å². The molecule has 43 heavy (non-hydrogen) atoms. The van der Waals surface area contributed by atoms with Gasteiger partial charge in [-0.1, -0.05) is 25.6 Å². The summed E-state index contributed by atoms with van der Waals surface area (Å²) in [6.07, 6.45) is 5.48. The first-order chi connectivity index (χ1) is 20.8. The Kier molecular flexibility index (Phi) is 7.58. The third-order valence-electron chi connectivity index (χ3n) is 8.00. The van der Waals surface area contributed by atoms with Crippen LogP contribution in [-0.2, 0) is 11.8 Å². The van der Waals surface area contributed by atoms with E-state index < -0.39 is 0 Å². The molecule has 0 radical (unpaired) electrons. The first-order valence-corrected chi connectivity index (χ1v) is 14.3. The van der Waals surface area contributed by atoms with Crippen LogP contribution >= 0.6 is 0 Å². The molecule has 0 aliphatic carbocycles. The van der Waals surface area contributed by atoms with Crippen LogP contribution in [0, 0.1) is 18.8 Å². The number of aromatic nitrogens is 7. The van der Waals surface area contributed by atoms with Crippen molar-refractivity contribution >= 4 is 45.4 Å². The maximum atomic E-state index is 12.0. The minimum absolute atomic E-state index is 0.0675. The molecule has 12 nitrogen and oxygen atoms in total. The zero-order valence-electron chi connectivity index (χ0n) is 24.7. The molecule has 5 aromatic rings. The Labute approximate surface area is 249 Å². The summed E-state index contributed by atoms with van der Waals surface area (Å²) in [5.74, 6) is 2.94. The number of fused-ring (bicyclic) bond motifs is 2. The van der Waals surface area contributed by atoms with Gasteiger partial charge < -0.3 is 20.3 Å². The van der Waals surface area contributed by atoms with E-state index >= 15 is 0 Å². The number of nitrogens with one attached hydrogen (secondary N) is 2.